The van der Waals surface area contributed by atoms with Crippen LogP contribution in [0, 0.1) is 30.5 Å². The molecule has 2 aliphatic heterocycles. The van der Waals surface area contributed by atoms with E-state index in [4.69, 9.17) is 4.74 Å². The fourth-order valence-corrected chi connectivity index (χ4v) is 6.23. The molecule has 2 aromatic rings. The summed E-state index contributed by atoms with van der Waals surface area (Å²) in [6.45, 7) is 1.80. The zero-order chi connectivity index (χ0) is 22.9. The van der Waals surface area contributed by atoms with Gasteiger partial charge in [-0.15, -0.1) is 0 Å². The van der Waals surface area contributed by atoms with Crippen LogP contribution in [-0.4, -0.2) is 41.4 Å². The van der Waals surface area contributed by atoms with Crippen LogP contribution in [0.1, 0.15) is 30.7 Å². The Morgan fingerprint density at radius 3 is 2.88 bits per heavy atom. The van der Waals surface area contributed by atoms with Crippen LogP contribution in [-0.2, 0) is 10.2 Å². The quantitative estimate of drug-likeness (QED) is 0.561. The molecule has 8 nitrogen and oxygen atoms in total. The second-order valence-corrected chi connectivity index (χ2v) is 9.55. The van der Waals surface area contributed by atoms with Crippen LogP contribution in [0.2, 0.25) is 0 Å². The van der Waals surface area contributed by atoms with Crippen molar-refractivity contribution in [3.8, 4) is 5.75 Å². The van der Waals surface area contributed by atoms with E-state index >= 15 is 4.39 Å². The third-order valence-corrected chi connectivity index (χ3v) is 7.92. The van der Waals surface area contributed by atoms with E-state index in [9.17, 15) is 9.18 Å². The zero-order valence-electron chi connectivity index (χ0n) is 18.4. The number of hydrogen-bond donors (Lipinski definition) is 4. The maximum absolute atomic E-state index is 15.8. The number of amides is 1. The lowest BCUT2D eigenvalue weighted by molar-refractivity contribution is -0.118. The lowest BCUT2D eigenvalue weighted by Crippen LogP contribution is -2.48. The highest BCUT2D eigenvalue weighted by Gasteiger charge is 2.69. The number of hydrazine groups is 1. The van der Waals surface area contributed by atoms with Gasteiger partial charge in [0.1, 0.15) is 17.8 Å². The van der Waals surface area contributed by atoms with Gasteiger partial charge in [-0.2, -0.15) is 0 Å². The first-order chi connectivity index (χ1) is 15.9. The molecule has 3 heterocycles. The first-order valence-electron chi connectivity index (χ1n) is 11.3. The van der Waals surface area contributed by atoms with E-state index in [1.807, 2.05) is 0 Å². The Labute approximate surface area is 189 Å². The predicted molar refractivity (Wildman–Crippen MR) is 117 cm³/mol. The van der Waals surface area contributed by atoms with Gasteiger partial charge in [0.25, 0.3) is 0 Å². The molecular weight excluding hydrogens is 430 g/mol. The molecule has 174 valence electrons. The number of ether oxygens (including phenoxy) is 1. The monoisotopic (exact) mass is 456 g/mol. The first kappa shape index (κ1) is 20.7. The molecule has 1 saturated heterocycles. The van der Waals surface area contributed by atoms with Crippen LogP contribution >= 0.6 is 0 Å². The third-order valence-electron chi connectivity index (χ3n) is 7.92. The lowest BCUT2D eigenvalue weighted by atomic mass is 9.73. The number of carbonyl (C=O) groups excluding carboxylic acids is 1. The Hall–Kier alpha value is -2.85. The number of nitrogens with one attached hydrogen (secondary N) is 4. The number of alkyl halides is 1. The Bertz CT molecular complexity index is 1130. The minimum atomic E-state index is -1.13. The number of nitrogens with zero attached hydrogens (tertiary/aromatic N) is 2. The van der Waals surface area contributed by atoms with Crippen molar-refractivity contribution in [3.63, 3.8) is 0 Å². The van der Waals surface area contributed by atoms with Crippen LogP contribution in [0.3, 0.4) is 0 Å². The first-order valence-corrected chi connectivity index (χ1v) is 11.3. The molecule has 0 radical (unpaired) electrons. The minimum absolute atomic E-state index is 0.00642. The van der Waals surface area contributed by atoms with E-state index in [0.717, 1.165) is 6.42 Å². The van der Waals surface area contributed by atoms with E-state index in [2.05, 4.69) is 31.5 Å². The molecule has 10 heteroatoms. The summed E-state index contributed by atoms with van der Waals surface area (Å²) < 4.78 is 35.1. The van der Waals surface area contributed by atoms with E-state index in [0.29, 0.717) is 41.5 Å². The van der Waals surface area contributed by atoms with Crippen LogP contribution in [0.15, 0.2) is 24.4 Å². The number of aromatic nitrogens is 2. The number of methoxy groups -OCH3 is 1. The molecule has 1 aromatic carbocycles. The van der Waals surface area contributed by atoms with E-state index in [1.165, 1.54) is 12.1 Å². The fraction of sp³-hybridized carbons (Fsp3) is 0.522. The van der Waals surface area contributed by atoms with Crippen molar-refractivity contribution in [1.29, 1.82) is 0 Å². The molecule has 2 saturated carbocycles. The summed E-state index contributed by atoms with van der Waals surface area (Å²) >= 11 is 0. The molecule has 4 aliphatic rings. The zero-order valence-corrected chi connectivity index (χ0v) is 18.4. The van der Waals surface area contributed by atoms with Gasteiger partial charge in [-0.3, -0.25) is 4.79 Å². The molecule has 7 atom stereocenters. The lowest BCUT2D eigenvalue weighted by Gasteiger charge is -2.37. The van der Waals surface area contributed by atoms with Gasteiger partial charge >= 0.3 is 0 Å². The van der Waals surface area contributed by atoms with Gasteiger partial charge in [0, 0.05) is 11.6 Å². The Morgan fingerprint density at radius 2 is 2.06 bits per heavy atom. The van der Waals surface area contributed by atoms with Gasteiger partial charge in [-0.05, 0) is 61.8 Å². The summed E-state index contributed by atoms with van der Waals surface area (Å²) in [7, 11) is 1.56. The van der Waals surface area contributed by atoms with Gasteiger partial charge in [-0.1, -0.05) is 0 Å². The van der Waals surface area contributed by atoms with Gasteiger partial charge in [-0.25, -0.2) is 29.6 Å². The van der Waals surface area contributed by atoms with E-state index < -0.39 is 17.6 Å². The van der Waals surface area contributed by atoms with Crippen LogP contribution in [0.5, 0.6) is 5.75 Å². The molecule has 1 aromatic heterocycles. The summed E-state index contributed by atoms with van der Waals surface area (Å²) in [6.07, 6.45) is 2.25. The summed E-state index contributed by atoms with van der Waals surface area (Å²) in [5.41, 5.74) is 6.83. The number of rotatable bonds is 4. The SMILES string of the molecule is COc1cnc(C)nc1NC1NNC2C(F)C([C@@H]3C[C@@]34C(=O)Nc3ccc(F)cc34)CCC12. The van der Waals surface area contributed by atoms with Gasteiger partial charge < -0.3 is 15.4 Å². The maximum atomic E-state index is 15.8. The van der Waals surface area contributed by atoms with Crippen molar-refractivity contribution in [2.45, 2.75) is 50.0 Å². The average Bonchev–Trinajstić information content (AvgIpc) is 3.32. The summed E-state index contributed by atoms with van der Waals surface area (Å²) in [5.74, 6) is 0.781. The maximum Gasteiger partial charge on any atom is 0.235 e. The normalized spacial score (nSPS) is 36.3. The highest BCUT2D eigenvalue weighted by Crippen LogP contribution is 2.65. The standard InChI is InChI=1S/C23H26F2N6O2/c1-10-26-9-17(33-2)21(27-10)29-20-13-5-4-12(18(25)19(13)30-31-20)15-8-23(15)14-7-11(24)3-6-16(14)28-22(23)32/h3,6-7,9,12-13,15,18-20,30-31H,4-5,8H2,1-2H3,(H,28,32)(H,26,27,29)/t12?,13?,15-,18?,19?,20?,23-/m0/s1. The van der Waals surface area contributed by atoms with Crippen LogP contribution in [0.4, 0.5) is 20.3 Å². The number of halogens is 2. The van der Waals surface area contributed by atoms with E-state index in [1.54, 1.807) is 26.3 Å². The number of aryl methyl sites for hydroxylation is 1. The number of hydrogen-bond acceptors (Lipinski definition) is 7. The van der Waals surface area contributed by atoms with Crippen LogP contribution < -0.4 is 26.2 Å². The Balaban J connectivity index is 1.20. The largest absolute Gasteiger partial charge is 0.491 e. The molecule has 0 bridgehead atoms. The number of benzene rings is 1. The second kappa shape index (κ2) is 7.33. The molecule has 4 N–H and O–H groups in total. The molecule has 2 aliphatic carbocycles. The number of anilines is 2. The molecular formula is C23H26F2N6O2. The molecule has 3 fully saturated rings. The third kappa shape index (κ3) is 3.03. The van der Waals surface area contributed by atoms with Crippen molar-refractivity contribution in [3.05, 3.63) is 41.6 Å². The van der Waals surface area contributed by atoms with Crippen LogP contribution in [0.25, 0.3) is 0 Å². The van der Waals surface area contributed by atoms with Crippen molar-refractivity contribution >= 4 is 17.4 Å². The van der Waals surface area contributed by atoms with Crippen molar-refractivity contribution in [2.24, 2.45) is 17.8 Å². The smallest absolute Gasteiger partial charge is 0.235 e. The molecule has 5 unspecified atom stereocenters. The topological polar surface area (TPSA) is 100 Å². The molecule has 33 heavy (non-hydrogen) atoms. The molecule has 6 rings (SSSR count). The molecule has 1 amide bonds. The van der Waals surface area contributed by atoms with E-state index in [-0.39, 0.29) is 35.6 Å². The number of fused-ring (bicyclic) bond motifs is 3. The second-order valence-electron chi connectivity index (χ2n) is 9.55. The van der Waals surface area contributed by atoms with Crippen molar-refractivity contribution in [1.82, 2.24) is 20.8 Å². The van der Waals surface area contributed by atoms with Crippen molar-refractivity contribution < 1.29 is 18.3 Å². The Kier molecular flexibility index (Phi) is 4.60. The highest BCUT2D eigenvalue weighted by atomic mass is 19.1. The molecule has 1 spiro atoms. The minimum Gasteiger partial charge on any atom is -0.491 e. The summed E-state index contributed by atoms with van der Waals surface area (Å²) in [6, 6.07) is 3.97. The highest BCUT2D eigenvalue weighted by molar-refractivity contribution is 6.08. The predicted octanol–water partition coefficient (Wildman–Crippen LogP) is 2.42. The van der Waals surface area contributed by atoms with Gasteiger partial charge in [0.05, 0.1) is 30.9 Å². The summed E-state index contributed by atoms with van der Waals surface area (Å²) in [4.78, 5) is 21.4. The van der Waals surface area contributed by atoms with Crippen molar-refractivity contribution in [2.75, 3.05) is 17.7 Å². The number of carbonyl (C=O) groups is 1. The average molecular weight is 456 g/mol. The Morgan fingerprint density at radius 1 is 1.24 bits per heavy atom. The summed E-state index contributed by atoms with van der Waals surface area (Å²) in [5, 5.41) is 6.20. The van der Waals surface area contributed by atoms with Gasteiger partial charge in [0.2, 0.25) is 5.91 Å². The van der Waals surface area contributed by atoms with Gasteiger partial charge in [0.15, 0.2) is 11.6 Å². The fourth-order valence-electron chi connectivity index (χ4n) is 6.23.